The van der Waals surface area contributed by atoms with E-state index in [4.69, 9.17) is 0 Å². The third kappa shape index (κ3) is 2.02. The summed E-state index contributed by atoms with van der Waals surface area (Å²) >= 11 is 0. The van der Waals surface area contributed by atoms with Crippen LogP contribution in [-0.2, 0) is 11.2 Å². The van der Waals surface area contributed by atoms with E-state index < -0.39 is 0 Å². The number of aromatic nitrogens is 2. The van der Waals surface area contributed by atoms with E-state index in [2.05, 4.69) is 22.2 Å². The number of aromatic amines is 1. The zero-order valence-electron chi connectivity index (χ0n) is 9.79. The van der Waals surface area contributed by atoms with Crippen molar-refractivity contribution in [1.29, 1.82) is 0 Å². The number of hydrogen-bond acceptors (Lipinski definition) is 2. The van der Waals surface area contributed by atoms with Crippen LogP contribution < -0.4 is 5.32 Å². The molecular formula is C13H15N3O. The van der Waals surface area contributed by atoms with Crippen LogP contribution in [0.3, 0.4) is 0 Å². The molecule has 2 N–H and O–H groups in total. The quantitative estimate of drug-likeness (QED) is 0.849. The van der Waals surface area contributed by atoms with E-state index in [9.17, 15) is 4.79 Å². The number of benzene rings is 1. The van der Waals surface area contributed by atoms with Gasteiger partial charge >= 0.3 is 0 Å². The van der Waals surface area contributed by atoms with Gasteiger partial charge in [0.25, 0.3) is 0 Å². The average molecular weight is 229 g/mol. The first-order chi connectivity index (χ1) is 8.26. The lowest BCUT2D eigenvalue weighted by molar-refractivity contribution is -0.117. The molecule has 17 heavy (non-hydrogen) atoms. The fraction of sp³-hybridized carbons (Fsp3) is 0.385. The molecule has 1 aromatic carbocycles. The fourth-order valence-electron chi connectivity index (χ4n) is 1.90. The number of nitrogens with one attached hydrogen (secondary N) is 2. The number of imidazole rings is 1. The van der Waals surface area contributed by atoms with Gasteiger partial charge in [0.15, 0.2) is 0 Å². The predicted molar refractivity (Wildman–Crippen MR) is 66.8 cm³/mol. The van der Waals surface area contributed by atoms with Gasteiger partial charge in [-0.3, -0.25) is 4.79 Å². The van der Waals surface area contributed by atoms with Crippen LogP contribution in [0.25, 0.3) is 11.0 Å². The molecule has 1 aromatic heterocycles. The highest BCUT2D eigenvalue weighted by molar-refractivity contribution is 5.95. The second kappa shape index (κ2) is 3.87. The largest absolute Gasteiger partial charge is 0.342 e. The smallest absolute Gasteiger partial charge is 0.227 e. The maximum absolute atomic E-state index is 11.6. The average Bonchev–Trinajstić information content (AvgIpc) is 3.09. The van der Waals surface area contributed by atoms with Crippen LogP contribution in [0, 0.1) is 5.92 Å². The second-order valence-electron chi connectivity index (χ2n) is 4.53. The number of rotatable bonds is 3. The second-order valence-corrected chi connectivity index (χ2v) is 4.53. The molecule has 3 rings (SSSR count). The Hall–Kier alpha value is -1.84. The number of fused-ring (bicyclic) bond motifs is 1. The van der Waals surface area contributed by atoms with Crippen LogP contribution >= 0.6 is 0 Å². The lowest BCUT2D eigenvalue weighted by Crippen LogP contribution is -2.12. The summed E-state index contributed by atoms with van der Waals surface area (Å²) in [6.07, 6.45) is 2.94. The number of carbonyl (C=O) groups is 1. The summed E-state index contributed by atoms with van der Waals surface area (Å²) in [4.78, 5) is 19.3. The Morgan fingerprint density at radius 3 is 3.06 bits per heavy atom. The van der Waals surface area contributed by atoms with Crippen molar-refractivity contribution in [3.05, 3.63) is 24.0 Å². The number of anilines is 1. The summed E-state index contributed by atoms with van der Waals surface area (Å²) in [6, 6.07) is 5.79. The standard InChI is InChI=1S/C13H15N3O/c1-2-12-15-10-6-5-9(7-11(10)16-12)14-13(17)8-3-4-8/h5-8H,2-4H2,1H3,(H,14,17)(H,15,16). The van der Waals surface area contributed by atoms with Gasteiger partial charge in [0.1, 0.15) is 5.82 Å². The molecule has 0 spiro atoms. The van der Waals surface area contributed by atoms with Gasteiger partial charge in [-0.15, -0.1) is 0 Å². The molecule has 0 saturated heterocycles. The van der Waals surface area contributed by atoms with E-state index in [0.29, 0.717) is 0 Å². The van der Waals surface area contributed by atoms with Gasteiger partial charge in [-0.2, -0.15) is 0 Å². The lowest BCUT2D eigenvalue weighted by Gasteiger charge is -2.03. The first-order valence-corrected chi connectivity index (χ1v) is 6.06. The SMILES string of the molecule is CCc1nc2ccc(NC(=O)C3CC3)cc2[nH]1. The minimum absolute atomic E-state index is 0.139. The normalized spacial score (nSPS) is 15.1. The topological polar surface area (TPSA) is 57.8 Å². The van der Waals surface area contributed by atoms with Gasteiger partial charge in [-0.25, -0.2) is 4.98 Å². The Bertz CT molecular complexity index is 569. The Kier molecular flexibility index (Phi) is 2.35. The van der Waals surface area contributed by atoms with Crippen LogP contribution in [0.2, 0.25) is 0 Å². The van der Waals surface area contributed by atoms with Gasteiger partial charge in [0.2, 0.25) is 5.91 Å². The summed E-state index contributed by atoms with van der Waals surface area (Å²) in [5.41, 5.74) is 2.78. The molecule has 1 aliphatic carbocycles. The Labute approximate surface area is 99.4 Å². The number of hydrogen-bond donors (Lipinski definition) is 2. The van der Waals surface area contributed by atoms with Gasteiger partial charge in [0.05, 0.1) is 11.0 Å². The van der Waals surface area contributed by atoms with E-state index in [-0.39, 0.29) is 11.8 Å². The molecule has 4 heteroatoms. The number of H-pyrrole nitrogens is 1. The predicted octanol–water partition coefficient (Wildman–Crippen LogP) is 2.47. The van der Waals surface area contributed by atoms with Crippen LogP contribution in [0.1, 0.15) is 25.6 Å². The molecule has 1 heterocycles. The molecule has 1 fully saturated rings. The van der Waals surface area contributed by atoms with Gasteiger partial charge < -0.3 is 10.3 Å². The zero-order chi connectivity index (χ0) is 11.8. The zero-order valence-corrected chi connectivity index (χ0v) is 9.79. The van der Waals surface area contributed by atoms with Crippen LogP contribution in [0.5, 0.6) is 0 Å². The monoisotopic (exact) mass is 229 g/mol. The first-order valence-electron chi connectivity index (χ1n) is 6.06. The van der Waals surface area contributed by atoms with Crippen LogP contribution in [-0.4, -0.2) is 15.9 Å². The van der Waals surface area contributed by atoms with Gasteiger partial charge in [-0.1, -0.05) is 6.92 Å². The minimum Gasteiger partial charge on any atom is -0.342 e. The highest BCUT2D eigenvalue weighted by Gasteiger charge is 2.29. The summed E-state index contributed by atoms with van der Waals surface area (Å²) in [5, 5.41) is 2.94. The highest BCUT2D eigenvalue weighted by atomic mass is 16.2. The van der Waals surface area contributed by atoms with Crippen molar-refractivity contribution in [2.24, 2.45) is 5.92 Å². The molecule has 1 amide bonds. The molecule has 2 aromatic rings. The fourth-order valence-corrected chi connectivity index (χ4v) is 1.90. The van der Waals surface area contributed by atoms with Crippen molar-refractivity contribution >= 4 is 22.6 Å². The Morgan fingerprint density at radius 1 is 1.53 bits per heavy atom. The molecule has 0 radical (unpaired) electrons. The van der Waals surface area contributed by atoms with Crippen molar-refractivity contribution in [1.82, 2.24) is 9.97 Å². The molecule has 0 unspecified atom stereocenters. The van der Waals surface area contributed by atoms with E-state index in [1.807, 2.05) is 18.2 Å². The highest BCUT2D eigenvalue weighted by Crippen LogP contribution is 2.30. The van der Waals surface area contributed by atoms with E-state index in [0.717, 1.165) is 41.8 Å². The molecule has 0 aliphatic heterocycles. The summed E-state index contributed by atoms with van der Waals surface area (Å²) in [5.74, 6) is 1.35. The summed E-state index contributed by atoms with van der Waals surface area (Å²) in [6.45, 7) is 2.06. The van der Waals surface area contributed by atoms with E-state index in [1.165, 1.54) is 0 Å². The molecule has 1 saturated carbocycles. The Balaban J connectivity index is 1.87. The number of nitrogens with zero attached hydrogens (tertiary/aromatic N) is 1. The van der Waals surface area contributed by atoms with Crippen molar-refractivity contribution in [2.45, 2.75) is 26.2 Å². The van der Waals surface area contributed by atoms with Gasteiger partial charge in [0, 0.05) is 18.0 Å². The Morgan fingerprint density at radius 2 is 2.35 bits per heavy atom. The van der Waals surface area contributed by atoms with Crippen molar-refractivity contribution < 1.29 is 4.79 Å². The van der Waals surface area contributed by atoms with Crippen LogP contribution in [0.15, 0.2) is 18.2 Å². The summed E-state index contributed by atoms with van der Waals surface area (Å²) < 4.78 is 0. The van der Waals surface area contributed by atoms with Crippen LogP contribution in [0.4, 0.5) is 5.69 Å². The first kappa shape index (κ1) is 10.3. The maximum Gasteiger partial charge on any atom is 0.227 e. The molecule has 0 bridgehead atoms. The number of carbonyl (C=O) groups excluding carboxylic acids is 1. The molecule has 88 valence electrons. The number of amides is 1. The van der Waals surface area contributed by atoms with E-state index >= 15 is 0 Å². The van der Waals surface area contributed by atoms with E-state index in [1.54, 1.807) is 0 Å². The molecule has 4 nitrogen and oxygen atoms in total. The summed E-state index contributed by atoms with van der Waals surface area (Å²) in [7, 11) is 0. The lowest BCUT2D eigenvalue weighted by atomic mass is 10.2. The number of aryl methyl sites for hydroxylation is 1. The minimum atomic E-state index is 0.139. The van der Waals surface area contributed by atoms with Crippen molar-refractivity contribution in [3.63, 3.8) is 0 Å². The van der Waals surface area contributed by atoms with Crippen molar-refractivity contribution in [3.8, 4) is 0 Å². The van der Waals surface area contributed by atoms with Gasteiger partial charge in [-0.05, 0) is 31.0 Å². The molecule has 0 atom stereocenters. The van der Waals surface area contributed by atoms with Crippen molar-refractivity contribution in [2.75, 3.05) is 5.32 Å². The molecule has 1 aliphatic rings. The third-order valence-corrected chi connectivity index (χ3v) is 3.08. The maximum atomic E-state index is 11.6. The third-order valence-electron chi connectivity index (χ3n) is 3.08. The molecular weight excluding hydrogens is 214 g/mol.